The molecule has 118 valence electrons. The summed E-state index contributed by atoms with van der Waals surface area (Å²) in [6.07, 6.45) is 1.53. The van der Waals surface area contributed by atoms with Gasteiger partial charge in [0, 0.05) is 0 Å². The van der Waals surface area contributed by atoms with Gasteiger partial charge in [-0.05, 0) is 44.4 Å². The molecular formula is C15H18N2O4S. The molecule has 1 fully saturated rings. The van der Waals surface area contributed by atoms with Gasteiger partial charge in [-0.2, -0.15) is 0 Å². The van der Waals surface area contributed by atoms with E-state index in [-0.39, 0.29) is 4.90 Å². The quantitative estimate of drug-likeness (QED) is 0.913. The second kappa shape index (κ2) is 5.10. The first-order valence-corrected chi connectivity index (χ1v) is 8.48. The third kappa shape index (κ3) is 2.50. The van der Waals surface area contributed by atoms with Crippen molar-refractivity contribution in [1.82, 2.24) is 9.88 Å². The zero-order valence-corrected chi connectivity index (χ0v) is 13.5. The van der Waals surface area contributed by atoms with Gasteiger partial charge >= 0.3 is 0 Å². The van der Waals surface area contributed by atoms with E-state index in [0.29, 0.717) is 11.5 Å². The highest BCUT2D eigenvalue weighted by Crippen LogP contribution is 2.47. The molecule has 1 saturated carbocycles. The second-order valence-electron chi connectivity index (χ2n) is 5.57. The van der Waals surface area contributed by atoms with Gasteiger partial charge in [0.2, 0.25) is 10.0 Å². The summed E-state index contributed by atoms with van der Waals surface area (Å²) in [7, 11) is -2.08. The van der Waals surface area contributed by atoms with Gasteiger partial charge in [-0.3, -0.25) is 0 Å². The Morgan fingerprint density at radius 1 is 1.23 bits per heavy atom. The molecule has 0 bridgehead atoms. The van der Waals surface area contributed by atoms with Crippen molar-refractivity contribution in [3.63, 3.8) is 0 Å². The maximum Gasteiger partial charge on any atom is 0.246 e. The number of aryl methyl sites for hydroxylation is 2. The Morgan fingerprint density at radius 2 is 1.86 bits per heavy atom. The second-order valence-corrected chi connectivity index (χ2v) is 7.19. The molecule has 1 aliphatic carbocycles. The van der Waals surface area contributed by atoms with Gasteiger partial charge in [0.25, 0.3) is 0 Å². The molecule has 6 nitrogen and oxygen atoms in total. The number of nitrogens with zero attached hydrogens (tertiary/aromatic N) is 1. The molecule has 3 rings (SSSR count). The Kier molecular flexibility index (Phi) is 3.49. The van der Waals surface area contributed by atoms with Crippen molar-refractivity contribution >= 4 is 10.0 Å². The van der Waals surface area contributed by atoms with E-state index in [2.05, 4.69) is 9.88 Å². The van der Waals surface area contributed by atoms with Crippen molar-refractivity contribution in [2.24, 2.45) is 0 Å². The van der Waals surface area contributed by atoms with Gasteiger partial charge in [0.1, 0.15) is 16.3 Å². The third-order valence-electron chi connectivity index (χ3n) is 3.96. The Balaban J connectivity index is 1.91. The number of aromatic nitrogens is 1. The van der Waals surface area contributed by atoms with E-state index in [1.807, 2.05) is 24.3 Å². The Bertz CT molecular complexity index is 770. The maximum atomic E-state index is 12.7. The molecule has 0 unspecified atom stereocenters. The van der Waals surface area contributed by atoms with E-state index in [0.717, 1.165) is 24.2 Å². The predicted octanol–water partition coefficient (Wildman–Crippen LogP) is 2.27. The fourth-order valence-corrected chi connectivity index (χ4v) is 4.43. The molecule has 22 heavy (non-hydrogen) atoms. The topological polar surface area (TPSA) is 81.4 Å². The van der Waals surface area contributed by atoms with Crippen LogP contribution in [-0.2, 0) is 15.6 Å². The van der Waals surface area contributed by atoms with Gasteiger partial charge in [0.15, 0.2) is 5.76 Å². The number of nitrogens with one attached hydrogen (secondary N) is 1. The third-order valence-corrected chi connectivity index (χ3v) is 5.74. The predicted molar refractivity (Wildman–Crippen MR) is 80.2 cm³/mol. The fourth-order valence-electron chi connectivity index (χ4n) is 2.65. The first-order chi connectivity index (χ1) is 10.4. The molecule has 0 atom stereocenters. The summed E-state index contributed by atoms with van der Waals surface area (Å²) in [5, 5.41) is 3.72. The number of hydrogen-bond acceptors (Lipinski definition) is 5. The van der Waals surface area contributed by atoms with E-state index in [4.69, 9.17) is 9.26 Å². The lowest BCUT2D eigenvalue weighted by Gasteiger charge is -2.18. The zero-order valence-electron chi connectivity index (χ0n) is 12.7. The van der Waals surface area contributed by atoms with Crippen molar-refractivity contribution in [3.05, 3.63) is 41.3 Å². The molecule has 0 spiro atoms. The fraction of sp³-hybridized carbons (Fsp3) is 0.400. The SMILES string of the molecule is COc1ccc(C2(NS(=O)(=O)c3c(C)noc3C)CC2)cc1. The lowest BCUT2D eigenvalue weighted by Crippen LogP contribution is -2.35. The molecule has 0 amide bonds. The van der Waals surface area contributed by atoms with Gasteiger partial charge in [-0.1, -0.05) is 17.3 Å². The summed E-state index contributed by atoms with van der Waals surface area (Å²) in [6, 6.07) is 7.45. The minimum Gasteiger partial charge on any atom is -0.497 e. The Labute approximate surface area is 129 Å². The smallest absolute Gasteiger partial charge is 0.246 e. The molecule has 0 aliphatic heterocycles. The van der Waals surface area contributed by atoms with Crippen LogP contribution in [0.1, 0.15) is 29.9 Å². The molecule has 0 radical (unpaired) electrons. The van der Waals surface area contributed by atoms with Crippen LogP contribution in [0.2, 0.25) is 0 Å². The van der Waals surface area contributed by atoms with E-state index in [1.165, 1.54) is 0 Å². The lowest BCUT2D eigenvalue weighted by atomic mass is 10.1. The number of methoxy groups -OCH3 is 1. The van der Waals surface area contributed by atoms with Crippen molar-refractivity contribution in [2.75, 3.05) is 7.11 Å². The highest BCUT2D eigenvalue weighted by Gasteiger charge is 2.48. The molecule has 1 aromatic heterocycles. The van der Waals surface area contributed by atoms with Crippen LogP contribution in [0.15, 0.2) is 33.7 Å². The Hall–Kier alpha value is -1.86. The normalized spacial score (nSPS) is 16.5. The number of sulfonamides is 1. The van der Waals surface area contributed by atoms with Gasteiger partial charge in [-0.25, -0.2) is 13.1 Å². The molecule has 0 saturated heterocycles. The highest BCUT2D eigenvalue weighted by atomic mass is 32.2. The van der Waals surface area contributed by atoms with E-state index < -0.39 is 15.6 Å². The van der Waals surface area contributed by atoms with E-state index >= 15 is 0 Å². The first-order valence-electron chi connectivity index (χ1n) is 6.99. The molecule has 7 heteroatoms. The number of hydrogen-bond donors (Lipinski definition) is 1. The van der Waals surface area contributed by atoms with Gasteiger partial charge in [-0.15, -0.1) is 0 Å². The first kappa shape index (κ1) is 15.1. The summed E-state index contributed by atoms with van der Waals surface area (Å²) in [5.74, 6) is 1.05. The summed E-state index contributed by atoms with van der Waals surface area (Å²) in [5.41, 5.74) is 0.764. The van der Waals surface area contributed by atoms with Gasteiger partial charge in [0.05, 0.1) is 12.6 Å². The number of ether oxygens (including phenoxy) is 1. The van der Waals surface area contributed by atoms with Crippen molar-refractivity contribution in [1.29, 1.82) is 0 Å². The van der Waals surface area contributed by atoms with Crippen molar-refractivity contribution < 1.29 is 17.7 Å². The Morgan fingerprint density at radius 3 is 2.32 bits per heavy atom. The van der Waals surface area contributed by atoms with Crippen LogP contribution in [0, 0.1) is 13.8 Å². The highest BCUT2D eigenvalue weighted by molar-refractivity contribution is 7.89. The van der Waals surface area contributed by atoms with Crippen LogP contribution in [-0.4, -0.2) is 20.7 Å². The van der Waals surface area contributed by atoms with Gasteiger partial charge < -0.3 is 9.26 Å². The summed E-state index contributed by atoms with van der Waals surface area (Å²) >= 11 is 0. The molecule has 1 heterocycles. The number of rotatable bonds is 5. The lowest BCUT2D eigenvalue weighted by molar-refractivity contribution is 0.390. The summed E-state index contributed by atoms with van der Waals surface area (Å²) < 4.78 is 38.2. The van der Waals surface area contributed by atoms with Crippen LogP contribution >= 0.6 is 0 Å². The number of benzene rings is 1. The standard InChI is InChI=1S/C15H18N2O4S/c1-10-14(11(2)21-16-10)22(18,19)17-15(8-9-15)12-4-6-13(20-3)7-5-12/h4-7,17H,8-9H2,1-3H3. The average molecular weight is 322 g/mol. The zero-order chi connectivity index (χ0) is 16.0. The molecule has 1 aromatic carbocycles. The van der Waals surface area contributed by atoms with Crippen LogP contribution in [0.5, 0.6) is 5.75 Å². The average Bonchev–Trinajstić information content (AvgIpc) is 3.16. The molecular weight excluding hydrogens is 304 g/mol. The molecule has 1 N–H and O–H groups in total. The van der Waals surface area contributed by atoms with Crippen molar-refractivity contribution in [3.8, 4) is 5.75 Å². The van der Waals surface area contributed by atoms with Crippen LogP contribution in [0.3, 0.4) is 0 Å². The van der Waals surface area contributed by atoms with E-state index in [9.17, 15) is 8.42 Å². The minimum atomic E-state index is -3.67. The summed E-state index contributed by atoms with van der Waals surface area (Å²) in [6.45, 7) is 3.22. The molecule has 1 aliphatic rings. The van der Waals surface area contributed by atoms with E-state index in [1.54, 1.807) is 21.0 Å². The maximum absolute atomic E-state index is 12.7. The molecule has 2 aromatic rings. The monoisotopic (exact) mass is 322 g/mol. The largest absolute Gasteiger partial charge is 0.497 e. The van der Waals surface area contributed by atoms with Crippen LogP contribution in [0.4, 0.5) is 0 Å². The van der Waals surface area contributed by atoms with Crippen LogP contribution in [0.25, 0.3) is 0 Å². The van der Waals surface area contributed by atoms with Crippen molar-refractivity contribution in [2.45, 2.75) is 37.1 Å². The van der Waals surface area contributed by atoms with Crippen LogP contribution < -0.4 is 9.46 Å². The summed E-state index contributed by atoms with van der Waals surface area (Å²) in [4.78, 5) is 0.132. The minimum absolute atomic E-state index is 0.132.